The second kappa shape index (κ2) is 5.53. The van der Waals surface area contributed by atoms with Gasteiger partial charge in [0.2, 0.25) is 5.91 Å². The lowest BCUT2D eigenvalue weighted by molar-refractivity contribution is -0.134. The Balaban J connectivity index is 2.07. The van der Waals surface area contributed by atoms with Gasteiger partial charge >= 0.3 is 0 Å². The summed E-state index contributed by atoms with van der Waals surface area (Å²) in [7, 11) is 0. The molecule has 5 heteroatoms. The first-order valence-electron chi connectivity index (χ1n) is 6.45. The monoisotopic (exact) mass is 284 g/mol. The average Bonchev–Trinajstić information content (AvgIpc) is 2.61. The number of thiazole rings is 1. The van der Waals surface area contributed by atoms with E-state index >= 15 is 0 Å². The van der Waals surface area contributed by atoms with Crippen LogP contribution in [-0.2, 0) is 11.2 Å². The maximum Gasteiger partial charge on any atom is 0.228 e. The lowest BCUT2D eigenvalue weighted by Crippen LogP contribution is -2.45. The molecule has 0 aliphatic carbocycles. The molecule has 0 bridgehead atoms. The highest BCUT2D eigenvalue weighted by molar-refractivity contribution is 7.73. The van der Waals surface area contributed by atoms with E-state index in [2.05, 4.69) is 18.8 Å². The summed E-state index contributed by atoms with van der Waals surface area (Å²) in [5.41, 5.74) is 1.04. The van der Waals surface area contributed by atoms with Crippen LogP contribution >= 0.6 is 23.6 Å². The quantitative estimate of drug-likeness (QED) is 0.846. The summed E-state index contributed by atoms with van der Waals surface area (Å²) in [4.78, 5) is 18.6. The van der Waals surface area contributed by atoms with E-state index in [-0.39, 0.29) is 5.91 Å². The molecule has 18 heavy (non-hydrogen) atoms. The lowest BCUT2D eigenvalue weighted by atomic mass is 9.95. The van der Waals surface area contributed by atoms with Gasteiger partial charge in [0.25, 0.3) is 0 Å². The number of aryl methyl sites for hydroxylation is 1. The van der Waals surface area contributed by atoms with Crippen molar-refractivity contribution in [1.29, 1.82) is 0 Å². The predicted octanol–water partition coefficient (Wildman–Crippen LogP) is 3.30. The predicted molar refractivity (Wildman–Crippen MR) is 77.5 cm³/mol. The van der Waals surface area contributed by atoms with Crippen molar-refractivity contribution in [3.05, 3.63) is 14.5 Å². The number of nitrogens with one attached hydrogen (secondary N) is 1. The molecule has 1 N–H and O–H groups in total. The van der Waals surface area contributed by atoms with Crippen LogP contribution in [0.15, 0.2) is 0 Å². The zero-order valence-corrected chi connectivity index (χ0v) is 12.8. The molecule has 0 spiro atoms. The molecule has 1 fully saturated rings. The van der Waals surface area contributed by atoms with E-state index in [4.69, 9.17) is 12.2 Å². The SMILES string of the molecule is Cc1[nH]c(=S)sc1CC(=O)N1CC(C)CCC1C. The number of H-pyrrole nitrogens is 1. The molecular weight excluding hydrogens is 264 g/mol. The van der Waals surface area contributed by atoms with E-state index in [0.29, 0.717) is 18.4 Å². The molecule has 0 radical (unpaired) electrons. The molecule has 1 aliphatic rings. The number of hydrogen-bond acceptors (Lipinski definition) is 3. The van der Waals surface area contributed by atoms with Crippen molar-refractivity contribution >= 4 is 29.5 Å². The van der Waals surface area contributed by atoms with Crippen molar-refractivity contribution in [2.45, 2.75) is 46.1 Å². The number of likely N-dealkylation sites (tertiary alicyclic amines) is 1. The largest absolute Gasteiger partial charge is 0.341 e. The van der Waals surface area contributed by atoms with E-state index in [1.54, 1.807) is 0 Å². The molecule has 2 rings (SSSR count). The number of aromatic nitrogens is 1. The number of carbonyl (C=O) groups excluding carboxylic acids is 1. The van der Waals surface area contributed by atoms with Crippen LogP contribution < -0.4 is 0 Å². The number of nitrogens with zero attached hydrogens (tertiary/aromatic N) is 1. The Kier molecular flexibility index (Phi) is 4.22. The molecule has 1 aromatic heterocycles. The smallest absolute Gasteiger partial charge is 0.228 e. The molecule has 1 saturated heterocycles. The summed E-state index contributed by atoms with van der Waals surface area (Å²) in [6.45, 7) is 7.25. The van der Waals surface area contributed by atoms with Gasteiger partial charge in [-0.25, -0.2) is 0 Å². The second-order valence-corrected chi connectivity index (χ2v) is 7.09. The minimum Gasteiger partial charge on any atom is -0.341 e. The van der Waals surface area contributed by atoms with Crippen LogP contribution in [-0.4, -0.2) is 28.4 Å². The third-order valence-electron chi connectivity index (χ3n) is 3.67. The van der Waals surface area contributed by atoms with Gasteiger partial charge in [0.05, 0.1) is 6.42 Å². The minimum absolute atomic E-state index is 0.238. The fourth-order valence-electron chi connectivity index (χ4n) is 2.48. The first-order valence-corrected chi connectivity index (χ1v) is 7.68. The summed E-state index contributed by atoms with van der Waals surface area (Å²) in [6, 6.07) is 0.376. The van der Waals surface area contributed by atoms with Gasteiger partial charge in [-0.15, -0.1) is 11.3 Å². The number of carbonyl (C=O) groups is 1. The first-order chi connectivity index (χ1) is 8.47. The first kappa shape index (κ1) is 13.7. The van der Waals surface area contributed by atoms with Crippen LogP contribution in [0.1, 0.15) is 37.3 Å². The summed E-state index contributed by atoms with van der Waals surface area (Å²) in [5, 5.41) is 0. The van der Waals surface area contributed by atoms with Gasteiger partial charge in [-0.1, -0.05) is 6.92 Å². The summed E-state index contributed by atoms with van der Waals surface area (Å²) >= 11 is 6.63. The normalized spacial score (nSPS) is 24.3. The molecule has 2 heterocycles. The maximum absolute atomic E-state index is 12.4. The van der Waals surface area contributed by atoms with Crippen LogP contribution in [0.3, 0.4) is 0 Å². The van der Waals surface area contributed by atoms with E-state index in [9.17, 15) is 4.79 Å². The highest BCUT2D eigenvalue weighted by Gasteiger charge is 2.27. The molecule has 1 aromatic rings. The van der Waals surface area contributed by atoms with Gasteiger partial charge in [0, 0.05) is 23.2 Å². The summed E-state index contributed by atoms with van der Waals surface area (Å²) < 4.78 is 0.760. The van der Waals surface area contributed by atoms with E-state index in [1.165, 1.54) is 17.8 Å². The van der Waals surface area contributed by atoms with Gasteiger partial charge in [0.1, 0.15) is 0 Å². The standard InChI is InChI=1S/C13H20N2OS2/c1-8-4-5-9(2)15(7-8)12(16)6-11-10(3)14-13(17)18-11/h8-9H,4-7H2,1-3H3,(H,14,17). The number of rotatable bonds is 2. The Morgan fingerprint density at radius 3 is 2.83 bits per heavy atom. The highest BCUT2D eigenvalue weighted by Crippen LogP contribution is 2.23. The van der Waals surface area contributed by atoms with Gasteiger partial charge < -0.3 is 9.88 Å². The molecule has 100 valence electrons. The minimum atomic E-state index is 0.238. The van der Waals surface area contributed by atoms with Crippen molar-refractivity contribution in [2.24, 2.45) is 5.92 Å². The Morgan fingerprint density at radius 2 is 2.22 bits per heavy atom. The molecule has 1 amide bonds. The number of aromatic amines is 1. The van der Waals surface area contributed by atoms with Crippen molar-refractivity contribution < 1.29 is 4.79 Å². The summed E-state index contributed by atoms with van der Waals surface area (Å²) in [6.07, 6.45) is 2.84. The maximum atomic E-state index is 12.4. The molecule has 0 saturated carbocycles. The number of piperidine rings is 1. The van der Waals surface area contributed by atoms with Crippen LogP contribution in [0.4, 0.5) is 0 Å². The average molecular weight is 284 g/mol. The van der Waals surface area contributed by atoms with Crippen molar-refractivity contribution in [3.63, 3.8) is 0 Å². The van der Waals surface area contributed by atoms with Crippen LogP contribution in [0.5, 0.6) is 0 Å². The van der Waals surface area contributed by atoms with Crippen molar-refractivity contribution in [3.8, 4) is 0 Å². The molecule has 0 aromatic carbocycles. The van der Waals surface area contributed by atoms with Gasteiger partial charge in [-0.05, 0) is 44.8 Å². The van der Waals surface area contributed by atoms with Crippen LogP contribution in [0.25, 0.3) is 0 Å². The van der Waals surface area contributed by atoms with Crippen molar-refractivity contribution in [1.82, 2.24) is 9.88 Å². The molecule has 3 nitrogen and oxygen atoms in total. The second-order valence-electron chi connectivity index (χ2n) is 5.32. The third-order valence-corrected chi connectivity index (χ3v) is 5.01. The van der Waals surface area contributed by atoms with Crippen LogP contribution in [0.2, 0.25) is 0 Å². The Labute approximate surface area is 117 Å². The molecule has 1 aliphatic heterocycles. The number of amides is 1. The Hall–Kier alpha value is -0.680. The topological polar surface area (TPSA) is 36.1 Å². The van der Waals surface area contributed by atoms with Gasteiger partial charge in [0.15, 0.2) is 3.95 Å². The van der Waals surface area contributed by atoms with Gasteiger partial charge in [-0.3, -0.25) is 4.79 Å². The Morgan fingerprint density at radius 1 is 1.50 bits per heavy atom. The highest BCUT2D eigenvalue weighted by atomic mass is 32.1. The Bertz CT molecular complexity index is 491. The molecule has 2 atom stereocenters. The fourth-order valence-corrected chi connectivity index (χ4v) is 3.76. The zero-order chi connectivity index (χ0) is 13.3. The molecule has 2 unspecified atom stereocenters. The van der Waals surface area contributed by atoms with Gasteiger partial charge in [-0.2, -0.15) is 0 Å². The number of hydrogen-bond donors (Lipinski definition) is 1. The zero-order valence-electron chi connectivity index (χ0n) is 11.2. The van der Waals surface area contributed by atoms with Crippen LogP contribution in [0, 0.1) is 16.8 Å². The summed E-state index contributed by atoms with van der Waals surface area (Å²) in [5.74, 6) is 0.859. The fraction of sp³-hybridized carbons (Fsp3) is 0.692. The third kappa shape index (κ3) is 3.01. The lowest BCUT2D eigenvalue weighted by Gasteiger charge is -2.36. The van der Waals surface area contributed by atoms with E-state index in [0.717, 1.165) is 27.5 Å². The van der Waals surface area contributed by atoms with E-state index < -0.39 is 0 Å². The molecular formula is C13H20N2OS2. The van der Waals surface area contributed by atoms with Crippen molar-refractivity contribution in [2.75, 3.05) is 6.54 Å². The van der Waals surface area contributed by atoms with E-state index in [1.807, 2.05) is 11.8 Å².